The third-order valence-electron chi connectivity index (χ3n) is 7.30. The summed E-state index contributed by atoms with van der Waals surface area (Å²) in [6.45, 7) is 4.88. The number of benzene rings is 1. The molecule has 6 aromatic rings. The summed E-state index contributed by atoms with van der Waals surface area (Å²) in [5.74, 6) is 0.0805. The average Bonchev–Trinajstić information content (AvgIpc) is 3.74. The summed E-state index contributed by atoms with van der Waals surface area (Å²) in [4.78, 5) is 28.7. The average molecular weight is 519 g/mol. The Hall–Kier alpha value is -4.14. The first kappa shape index (κ1) is 23.0. The number of rotatable bonds is 6. The Morgan fingerprint density at radius 3 is 2.74 bits per heavy atom. The van der Waals surface area contributed by atoms with Crippen molar-refractivity contribution in [2.45, 2.75) is 26.3 Å². The van der Waals surface area contributed by atoms with Crippen molar-refractivity contribution in [2.75, 3.05) is 13.1 Å². The molecule has 188 valence electrons. The van der Waals surface area contributed by atoms with Gasteiger partial charge >= 0.3 is 0 Å². The third-order valence-corrected chi connectivity index (χ3v) is 8.52. The first-order valence-electron chi connectivity index (χ1n) is 12.9. The second kappa shape index (κ2) is 9.31. The van der Waals surface area contributed by atoms with E-state index in [4.69, 9.17) is 0 Å². The number of aromatic nitrogens is 5. The molecule has 0 radical (unpaired) electrons. The molecule has 0 unspecified atom stereocenters. The summed E-state index contributed by atoms with van der Waals surface area (Å²) in [6, 6.07) is 16.6. The molecule has 1 aliphatic heterocycles. The molecule has 0 atom stereocenters. The van der Waals surface area contributed by atoms with E-state index in [1.807, 2.05) is 30.6 Å². The smallest absolute Gasteiger partial charge is 0.169 e. The van der Waals surface area contributed by atoms with Crippen LogP contribution in [0.5, 0.6) is 0 Å². The number of hydrogen-bond donors (Lipinski definition) is 2. The molecule has 0 bridgehead atoms. The molecule has 0 aliphatic carbocycles. The van der Waals surface area contributed by atoms with Crippen molar-refractivity contribution in [2.24, 2.45) is 0 Å². The van der Waals surface area contributed by atoms with Crippen LogP contribution in [-0.2, 0) is 6.54 Å². The fraction of sp³-hybridized carbons (Fsp3) is 0.200. The molecule has 1 aromatic carbocycles. The molecule has 0 saturated carbocycles. The van der Waals surface area contributed by atoms with Crippen molar-refractivity contribution < 1.29 is 4.79 Å². The van der Waals surface area contributed by atoms with Gasteiger partial charge in [-0.05, 0) is 86.4 Å². The molecule has 7 nitrogen and oxygen atoms in total. The Balaban J connectivity index is 1.27. The van der Waals surface area contributed by atoms with Crippen molar-refractivity contribution >= 4 is 39.1 Å². The number of nitrogens with zero attached hydrogens (tertiary/aromatic N) is 4. The van der Waals surface area contributed by atoms with E-state index in [9.17, 15) is 4.79 Å². The summed E-state index contributed by atoms with van der Waals surface area (Å²) in [7, 11) is 0. The number of Topliss-reactive ketones (excluding diaryl/α,β-unsaturated/α-hetero) is 1. The minimum atomic E-state index is 0.0805. The molecule has 1 aliphatic rings. The van der Waals surface area contributed by atoms with Crippen LogP contribution in [0.3, 0.4) is 0 Å². The zero-order valence-electron chi connectivity index (χ0n) is 21.0. The van der Waals surface area contributed by atoms with Crippen LogP contribution in [0.15, 0.2) is 67.1 Å². The molecule has 1 fully saturated rings. The van der Waals surface area contributed by atoms with E-state index in [0.29, 0.717) is 0 Å². The monoisotopic (exact) mass is 518 g/mol. The number of H-pyrrole nitrogens is 2. The zero-order valence-corrected chi connectivity index (χ0v) is 21.8. The van der Waals surface area contributed by atoms with Crippen molar-refractivity contribution in [1.82, 2.24) is 30.0 Å². The van der Waals surface area contributed by atoms with Gasteiger partial charge in [0.25, 0.3) is 0 Å². The Morgan fingerprint density at radius 1 is 1.00 bits per heavy atom. The molecule has 2 N–H and O–H groups in total. The lowest BCUT2D eigenvalue weighted by molar-refractivity contribution is 0.102. The van der Waals surface area contributed by atoms with E-state index in [0.717, 1.165) is 66.3 Å². The van der Waals surface area contributed by atoms with Crippen LogP contribution in [-0.4, -0.2) is 48.9 Å². The van der Waals surface area contributed by atoms with E-state index in [1.165, 1.54) is 42.8 Å². The largest absolute Gasteiger partial charge is 0.338 e. The van der Waals surface area contributed by atoms with Gasteiger partial charge in [0.05, 0.1) is 16.1 Å². The standard InChI is InChI=1S/C30H26N6OS/c1-18(37)27-6-7-28(38-27)22-8-9-32-30-23(22)14-26(33-30)29-24-13-20(4-5-25(24)34-35-29)21-12-19(15-31-16-21)17-36-10-2-3-11-36/h4-9,12-16H,2-3,10-11,17H2,1H3,(H,32,33)(H,34,35). The summed E-state index contributed by atoms with van der Waals surface area (Å²) in [6.07, 6.45) is 8.28. The van der Waals surface area contributed by atoms with Gasteiger partial charge in [-0.25, -0.2) is 4.98 Å². The topological polar surface area (TPSA) is 90.6 Å². The molecule has 8 heteroatoms. The number of fused-ring (bicyclic) bond motifs is 2. The van der Waals surface area contributed by atoms with Crippen LogP contribution in [0.25, 0.3) is 54.9 Å². The third kappa shape index (κ3) is 4.12. The van der Waals surface area contributed by atoms with Gasteiger partial charge in [0.1, 0.15) is 11.3 Å². The maximum Gasteiger partial charge on any atom is 0.169 e. The number of hydrogen-bond acceptors (Lipinski definition) is 6. The van der Waals surface area contributed by atoms with Crippen molar-refractivity contribution in [3.05, 3.63) is 77.6 Å². The maximum absolute atomic E-state index is 11.8. The number of carbonyl (C=O) groups is 1. The van der Waals surface area contributed by atoms with Crippen molar-refractivity contribution in [3.8, 4) is 33.0 Å². The predicted octanol–water partition coefficient (Wildman–Crippen LogP) is 6.70. The molecule has 0 amide bonds. The molecule has 0 spiro atoms. The highest BCUT2D eigenvalue weighted by molar-refractivity contribution is 7.17. The van der Waals surface area contributed by atoms with Crippen molar-refractivity contribution in [3.63, 3.8) is 0 Å². The summed E-state index contributed by atoms with van der Waals surface area (Å²) in [5, 5.41) is 9.89. The number of carbonyl (C=O) groups excluding carboxylic acids is 1. The molecule has 7 rings (SSSR count). The Bertz CT molecular complexity index is 1810. The summed E-state index contributed by atoms with van der Waals surface area (Å²) >= 11 is 1.51. The second-order valence-electron chi connectivity index (χ2n) is 9.92. The number of ketones is 1. The highest BCUT2D eigenvalue weighted by atomic mass is 32.1. The molecule has 5 aromatic heterocycles. The Labute approximate surface area is 223 Å². The Kier molecular flexibility index (Phi) is 5.64. The highest BCUT2D eigenvalue weighted by Gasteiger charge is 2.17. The number of nitrogens with one attached hydrogen (secondary N) is 2. The lowest BCUT2D eigenvalue weighted by Crippen LogP contribution is -2.18. The van der Waals surface area contributed by atoms with Crippen LogP contribution < -0.4 is 0 Å². The molecular weight excluding hydrogens is 492 g/mol. The Morgan fingerprint density at radius 2 is 1.89 bits per heavy atom. The molecule has 38 heavy (non-hydrogen) atoms. The molecular formula is C30H26N6OS. The van der Waals surface area contributed by atoms with Crippen LogP contribution in [0.2, 0.25) is 0 Å². The highest BCUT2D eigenvalue weighted by Crippen LogP contribution is 2.37. The number of likely N-dealkylation sites (tertiary alicyclic amines) is 1. The maximum atomic E-state index is 11.8. The fourth-order valence-corrected chi connectivity index (χ4v) is 6.31. The minimum absolute atomic E-state index is 0.0805. The first-order valence-corrected chi connectivity index (χ1v) is 13.7. The van der Waals surface area contributed by atoms with E-state index in [1.54, 1.807) is 13.1 Å². The molecule has 6 heterocycles. The quantitative estimate of drug-likeness (QED) is 0.240. The normalized spacial score (nSPS) is 14.1. The van der Waals surface area contributed by atoms with E-state index in [-0.39, 0.29) is 5.78 Å². The van der Waals surface area contributed by atoms with Gasteiger partial charge in [-0.3, -0.25) is 19.8 Å². The molecule has 1 saturated heterocycles. The van der Waals surface area contributed by atoms with Gasteiger partial charge in [-0.15, -0.1) is 11.3 Å². The lowest BCUT2D eigenvalue weighted by atomic mass is 10.0. The van der Waals surface area contributed by atoms with Gasteiger partial charge in [-0.2, -0.15) is 5.10 Å². The van der Waals surface area contributed by atoms with Crippen molar-refractivity contribution in [1.29, 1.82) is 0 Å². The second-order valence-corrected chi connectivity index (χ2v) is 11.0. The van der Waals surface area contributed by atoms with E-state index in [2.05, 4.69) is 60.4 Å². The predicted molar refractivity (Wildman–Crippen MR) is 152 cm³/mol. The van der Waals surface area contributed by atoms with Gasteiger partial charge in [0, 0.05) is 51.9 Å². The number of pyridine rings is 2. The van der Waals surface area contributed by atoms with Gasteiger partial charge < -0.3 is 4.98 Å². The lowest BCUT2D eigenvalue weighted by Gasteiger charge is -2.14. The van der Waals surface area contributed by atoms with Gasteiger partial charge in [0.15, 0.2) is 5.78 Å². The summed E-state index contributed by atoms with van der Waals surface area (Å²) < 4.78 is 0. The van der Waals surface area contributed by atoms with Crippen LogP contribution in [0, 0.1) is 0 Å². The first-order chi connectivity index (χ1) is 18.6. The SMILES string of the molecule is CC(=O)c1ccc(-c2ccnc3[nH]c(-c4n[nH]c5ccc(-c6cncc(CN7CCCC7)c6)cc45)cc23)s1. The number of aromatic amines is 2. The van der Waals surface area contributed by atoms with E-state index < -0.39 is 0 Å². The van der Waals surface area contributed by atoms with Gasteiger partial charge in [-0.1, -0.05) is 6.07 Å². The van der Waals surface area contributed by atoms with Crippen LogP contribution in [0.1, 0.15) is 35.0 Å². The zero-order chi connectivity index (χ0) is 25.6. The van der Waals surface area contributed by atoms with Crippen LogP contribution >= 0.6 is 11.3 Å². The van der Waals surface area contributed by atoms with E-state index >= 15 is 0 Å². The number of thiophene rings is 1. The summed E-state index contributed by atoms with van der Waals surface area (Å²) in [5.41, 5.74) is 8.03. The van der Waals surface area contributed by atoms with Crippen LogP contribution in [0.4, 0.5) is 0 Å². The minimum Gasteiger partial charge on any atom is -0.338 e. The fourth-order valence-electron chi connectivity index (χ4n) is 5.37. The van der Waals surface area contributed by atoms with Gasteiger partial charge in [0.2, 0.25) is 0 Å².